The van der Waals surface area contributed by atoms with Gasteiger partial charge in [0.2, 0.25) is 0 Å². The molecule has 0 N–H and O–H groups in total. The minimum absolute atomic E-state index is 0.110. The van der Waals surface area contributed by atoms with Crippen LogP contribution in [0, 0.1) is 16.7 Å². The number of nitrogens with zero attached hydrogens (tertiary/aromatic N) is 1. The highest BCUT2D eigenvalue weighted by Crippen LogP contribution is 2.31. The van der Waals surface area contributed by atoms with Crippen LogP contribution in [-0.4, -0.2) is 12.6 Å². The Labute approximate surface area is 115 Å². The van der Waals surface area contributed by atoms with Crippen LogP contribution in [0.25, 0.3) is 0 Å². The van der Waals surface area contributed by atoms with Gasteiger partial charge in [-0.1, -0.05) is 18.2 Å². The molecule has 0 saturated carbocycles. The van der Waals surface area contributed by atoms with Crippen molar-refractivity contribution in [3.8, 4) is 6.07 Å². The number of esters is 1. The van der Waals surface area contributed by atoms with Crippen molar-refractivity contribution >= 4 is 5.97 Å². The number of carbonyl (C=O) groups excluding carboxylic acids is 1. The summed E-state index contributed by atoms with van der Waals surface area (Å²) in [4.78, 5) is 11.7. The molecule has 108 valence electrons. The number of alkyl halides is 3. The molecule has 1 unspecified atom stereocenters. The lowest BCUT2D eigenvalue weighted by molar-refractivity contribution is -0.151. The summed E-state index contributed by atoms with van der Waals surface area (Å²) in [6, 6.07) is 6.39. The van der Waals surface area contributed by atoms with E-state index in [4.69, 9.17) is 10.00 Å². The van der Waals surface area contributed by atoms with Gasteiger partial charge in [0.1, 0.15) is 0 Å². The van der Waals surface area contributed by atoms with Crippen molar-refractivity contribution in [3.05, 3.63) is 35.4 Å². The fraction of sp³-hybridized carbons (Fsp3) is 0.429. The van der Waals surface area contributed by atoms with Gasteiger partial charge in [0.05, 0.1) is 18.2 Å². The number of nitriles is 1. The van der Waals surface area contributed by atoms with E-state index in [1.165, 1.54) is 19.1 Å². The summed E-state index contributed by atoms with van der Waals surface area (Å²) in [6.45, 7) is 3.06. The molecule has 0 amide bonds. The van der Waals surface area contributed by atoms with Gasteiger partial charge in [0.15, 0.2) is 5.41 Å². The summed E-state index contributed by atoms with van der Waals surface area (Å²) >= 11 is 0. The molecule has 0 saturated heterocycles. The van der Waals surface area contributed by atoms with Crippen LogP contribution in [0.4, 0.5) is 13.2 Å². The molecule has 1 aromatic carbocycles. The molecule has 0 aromatic heterocycles. The van der Waals surface area contributed by atoms with E-state index in [9.17, 15) is 18.0 Å². The predicted octanol–water partition coefficient (Wildman–Crippen LogP) is 3.34. The third kappa shape index (κ3) is 3.73. The topological polar surface area (TPSA) is 50.1 Å². The van der Waals surface area contributed by atoms with Gasteiger partial charge in [-0.05, 0) is 25.5 Å². The molecule has 0 aliphatic rings. The molecule has 0 aliphatic heterocycles. The average molecular weight is 285 g/mol. The quantitative estimate of drug-likeness (QED) is 0.797. The van der Waals surface area contributed by atoms with Crippen molar-refractivity contribution in [1.82, 2.24) is 0 Å². The first-order chi connectivity index (χ1) is 9.23. The molecule has 6 heteroatoms. The Kier molecular flexibility index (Phi) is 4.77. The molecule has 0 aliphatic carbocycles. The molecule has 0 radical (unpaired) electrons. The first-order valence-corrected chi connectivity index (χ1v) is 5.97. The normalized spacial score (nSPS) is 14.2. The standard InChI is InChI=1S/C14H14F3NO2/c1-3-20-12(19)13(2,9-18)8-10-5-4-6-11(7-10)14(15,16)17/h4-7H,3,8H2,1-2H3. The number of carbonyl (C=O) groups is 1. The number of halogens is 3. The molecule has 1 rings (SSSR count). The molecular formula is C14H14F3NO2. The van der Waals surface area contributed by atoms with Gasteiger partial charge in [-0.2, -0.15) is 18.4 Å². The zero-order chi connectivity index (χ0) is 15.4. The Bertz CT molecular complexity index is 534. The SMILES string of the molecule is CCOC(=O)C(C)(C#N)Cc1cccc(C(F)(F)F)c1. The number of ether oxygens (including phenoxy) is 1. The highest BCUT2D eigenvalue weighted by molar-refractivity contribution is 5.80. The predicted molar refractivity (Wildman–Crippen MR) is 65.5 cm³/mol. The summed E-state index contributed by atoms with van der Waals surface area (Å²) in [5.41, 5.74) is -2.05. The van der Waals surface area contributed by atoms with E-state index in [-0.39, 0.29) is 18.6 Å². The van der Waals surface area contributed by atoms with Gasteiger partial charge < -0.3 is 4.74 Å². The second kappa shape index (κ2) is 5.95. The largest absolute Gasteiger partial charge is 0.465 e. The van der Waals surface area contributed by atoms with Crippen molar-refractivity contribution in [2.75, 3.05) is 6.61 Å². The lowest BCUT2D eigenvalue weighted by Crippen LogP contribution is -2.30. The van der Waals surface area contributed by atoms with Crippen LogP contribution in [0.5, 0.6) is 0 Å². The van der Waals surface area contributed by atoms with Crippen LogP contribution < -0.4 is 0 Å². The van der Waals surface area contributed by atoms with Gasteiger partial charge >= 0.3 is 12.1 Å². The Morgan fingerprint density at radius 2 is 2.05 bits per heavy atom. The molecule has 3 nitrogen and oxygen atoms in total. The van der Waals surface area contributed by atoms with Crippen molar-refractivity contribution < 1.29 is 22.7 Å². The molecule has 0 bridgehead atoms. The molecule has 1 aromatic rings. The summed E-state index contributed by atoms with van der Waals surface area (Å²) < 4.78 is 42.6. The molecule has 20 heavy (non-hydrogen) atoms. The maximum absolute atomic E-state index is 12.6. The van der Waals surface area contributed by atoms with E-state index in [1.54, 1.807) is 6.92 Å². The van der Waals surface area contributed by atoms with Crippen LogP contribution >= 0.6 is 0 Å². The third-order valence-electron chi connectivity index (χ3n) is 2.78. The van der Waals surface area contributed by atoms with Crippen LogP contribution in [-0.2, 0) is 22.1 Å². The van der Waals surface area contributed by atoms with E-state index in [1.807, 2.05) is 6.07 Å². The van der Waals surface area contributed by atoms with E-state index in [2.05, 4.69) is 0 Å². The van der Waals surface area contributed by atoms with E-state index in [0.29, 0.717) is 0 Å². The molecule has 0 heterocycles. The van der Waals surface area contributed by atoms with E-state index < -0.39 is 23.1 Å². The maximum atomic E-state index is 12.6. The Morgan fingerprint density at radius 3 is 2.55 bits per heavy atom. The average Bonchev–Trinajstić information content (AvgIpc) is 2.38. The molecule has 1 atom stereocenters. The number of hydrogen-bond donors (Lipinski definition) is 0. The fourth-order valence-electron chi connectivity index (χ4n) is 1.71. The first-order valence-electron chi connectivity index (χ1n) is 5.97. The Morgan fingerprint density at radius 1 is 1.40 bits per heavy atom. The highest BCUT2D eigenvalue weighted by Gasteiger charge is 2.36. The van der Waals surface area contributed by atoms with Gasteiger partial charge in [0, 0.05) is 6.42 Å². The number of benzene rings is 1. The van der Waals surface area contributed by atoms with E-state index in [0.717, 1.165) is 12.1 Å². The lowest BCUT2D eigenvalue weighted by atomic mass is 9.85. The van der Waals surface area contributed by atoms with Crippen LogP contribution in [0.15, 0.2) is 24.3 Å². The first kappa shape index (κ1) is 16.0. The molecule has 0 spiro atoms. The maximum Gasteiger partial charge on any atom is 0.416 e. The van der Waals surface area contributed by atoms with Gasteiger partial charge in [0.25, 0.3) is 0 Å². The van der Waals surface area contributed by atoms with Crippen molar-refractivity contribution in [3.63, 3.8) is 0 Å². The molecule has 0 fully saturated rings. The van der Waals surface area contributed by atoms with Crippen LogP contribution in [0.3, 0.4) is 0 Å². The molecular weight excluding hydrogens is 271 g/mol. The van der Waals surface area contributed by atoms with Crippen molar-refractivity contribution in [2.45, 2.75) is 26.4 Å². The Hall–Kier alpha value is -2.03. The zero-order valence-corrected chi connectivity index (χ0v) is 11.1. The monoisotopic (exact) mass is 285 g/mol. The second-order valence-corrected chi connectivity index (χ2v) is 4.54. The summed E-state index contributed by atoms with van der Waals surface area (Å²) in [5.74, 6) is -0.736. The fourth-order valence-corrected chi connectivity index (χ4v) is 1.71. The van der Waals surface area contributed by atoms with Crippen molar-refractivity contribution in [2.24, 2.45) is 5.41 Å². The van der Waals surface area contributed by atoms with Gasteiger partial charge in [-0.15, -0.1) is 0 Å². The summed E-state index contributed by atoms with van der Waals surface area (Å²) in [7, 11) is 0. The number of rotatable bonds is 4. The lowest BCUT2D eigenvalue weighted by Gasteiger charge is -2.20. The third-order valence-corrected chi connectivity index (χ3v) is 2.78. The van der Waals surface area contributed by atoms with Gasteiger partial charge in [-0.3, -0.25) is 4.79 Å². The van der Waals surface area contributed by atoms with Crippen LogP contribution in [0.2, 0.25) is 0 Å². The highest BCUT2D eigenvalue weighted by atomic mass is 19.4. The van der Waals surface area contributed by atoms with E-state index >= 15 is 0 Å². The minimum Gasteiger partial charge on any atom is -0.465 e. The van der Waals surface area contributed by atoms with Crippen LogP contribution in [0.1, 0.15) is 25.0 Å². The number of hydrogen-bond acceptors (Lipinski definition) is 3. The van der Waals surface area contributed by atoms with Gasteiger partial charge in [-0.25, -0.2) is 0 Å². The second-order valence-electron chi connectivity index (χ2n) is 4.54. The minimum atomic E-state index is -4.46. The zero-order valence-electron chi connectivity index (χ0n) is 11.1. The summed E-state index contributed by atoms with van der Waals surface area (Å²) in [5, 5.41) is 9.10. The smallest absolute Gasteiger partial charge is 0.416 e. The Balaban J connectivity index is 3.03. The van der Waals surface area contributed by atoms with Crippen molar-refractivity contribution in [1.29, 1.82) is 5.26 Å². The summed E-state index contributed by atoms with van der Waals surface area (Å²) in [6.07, 6.45) is -4.59.